The topological polar surface area (TPSA) is 80.9 Å². The van der Waals surface area contributed by atoms with Crippen LogP contribution in [0.1, 0.15) is 57.7 Å². The Morgan fingerprint density at radius 1 is 1.11 bits per heavy atom. The number of benzene rings is 1. The van der Waals surface area contributed by atoms with Gasteiger partial charge in [0.25, 0.3) is 0 Å². The third-order valence-corrected chi connectivity index (χ3v) is 4.13. The first-order chi connectivity index (χ1) is 13.6. The summed E-state index contributed by atoms with van der Waals surface area (Å²) in [6.45, 7) is 12.5. The Kier molecular flexibility index (Phi) is 8.65. The second-order valence-corrected chi connectivity index (χ2v) is 6.27. The number of hydrogen-bond donors (Lipinski definition) is 2. The number of rotatable bonds is 10. The fraction of sp³-hybridized carbons (Fsp3) is 0.524. The van der Waals surface area contributed by atoms with Crippen molar-refractivity contribution in [1.82, 2.24) is 15.8 Å². The summed E-state index contributed by atoms with van der Waals surface area (Å²) < 4.78 is 16.7. The van der Waals surface area contributed by atoms with E-state index in [-0.39, 0.29) is 6.04 Å². The lowest BCUT2D eigenvalue weighted by Crippen LogP contribution is -2.38. The van der Waals surface area contributed by atoms with Gasteiger partial charge in [-0.15, -0.1) is 0 Å². The van der Waals surface area contributed by atoms with E-state index in [4.69, 9.17) is 14.0 Å². The Hall–Kier alpha value is -2.70. The van der Waals surface area contributed by atoms with E-state index in [9.17, 15) is 0 Å². The molecule has 1 atom stereocenters. The summed E-state index contributed by atoms with van der Waals surface area (Å²) in [5.41, 5.74) is 2.03. The molecular formula is C21H32N4O3. The predicted molar refractivity (Wildman–Crippen MR) is 111 cm³/mol. The van der Waals surface area contributed by atoms with Crippen molar-refractivity contribution in [3.05, 3.63) is 41.3 Å². The number of aryl methyl sites for hydroxylation is 1. The summed E-state index contributed by atoms with van der Waals surface area (Å²) in [5, 5.41) is 10.7. The van der Waals surface area contributed by atoms with Crippen LogP contribution in [0.5, 0.6) is 11.5 Å². The average molecular weight is 389 g/mol. The molecule has 1 aromatic carbocycles. The monoisotopic (exact) mass is 388 g/mol. The van der Waals surface area contributed by atoms with Crippen molar-refractivity contribution < 1.29 is 14.0 Å². The van der Waals surface area contributed by atoms with Crippen LogP contribution in [0.25, 0.3) is 0 Å². The van der Waals surface area contributed by atoms with E-state index in [1.54, 1.807) is 0 Å². The number of nitrogens with one attached hydrogen (secondary N) is 2. The summed E-state index contributed by atoms with van der Waals surface area (Å²) in [7, 11) is 0. The Bertz CT molecular complexity index is 758. The summed E-state index contributed by atoms with van der Waals surface area (Å²) in [6.07, 6.45) is 0.850. The normalized spacial score (nSPS) is 12.5. The molecular weight excluding hydrogens is 356 g/mol. The molecule has 1 unspecified atom stereocenters. The molecule has 2 N–H and O–H groups in total. The summed E-state index contributed by atoms with van der Waals surface area (Å²) in [4.78, 5) is 4.61. The second kappa shape index (κ2) is 11.2. The maximum Gasteiger partial charge on any atom is 0.192 e. The fourth-order valence-corrected chi connectivity index (χ4v) is 2.70. The van der Waals surface area contributed by atoms with Crippen LogP contribution in [0.15, 0.2) is 33.8 Å². The molecule has 0 aliphatic heterocycles. The van der Waals surface area contributed by atoms with Crippen molar-refractivity contribution in [3.8, 4) is 11.5 Å². The molecule has 7 heteroatoms. The molecule has 2 rings (SSSR count). The molecule has 0 amide bonds. The van der Waals surface area contributed by atoms with Crippen molar-refractivity contribution >= 4 is 5.96 Å². The van der Waals surface area contributed by atoms with E-state index in [0.29, 0.717) is 19.8 Å². The largest absolute Gasteiger partial charge is 0.490 e. The zero-order valence-electron chi connectivity index (χ0n) is 17.5. The third-order valence-electron chi connectivity index (χ3n) is 4.13. The van der Waals surface area contributed by atoms with E-state index in [0.717, 1.165) is 47.4 Å². The maximum atomic E-state index is 5.73. The number of nitrogens with zero attached hydrogens (tertiary/aromatic N) is 2. The second-order valence-electron chi connectivity index (χ2n) is 6.27. The first kappa shape index (κ1) is 21.6. The fourth-order valence-electron chi connectivity index (χ4n) is 2.70. The molecule has 7 nitrogen and oxygen atoms in total. The number of aliphatic imine (C=N–C) groups is 1. The van der Waals surface area contributed by atoms with Crippen LogP contribution >= 0.6 is 0 Å². The van der Waals surface area contributed by atoms with Crippen LogP contribution < -0.4 is 20.1 Å². The van der Waals surface area contributed by atoms with Crippen molar-refractivity contribution in [2.75, 3.05) is 19.8 Å². The smallest absolute Gasteiger partial charge is 0.192 e. The highest BCUT2D eigenvalue weighted by atomic mass is 16.5. The molecule has 0 aliphatic carbocycles. The number of hydrogen-bond acceptors (Lipinski definition) is 5. The van der Waals surface area contributed by atoms with Gasteiger partial charge in [-0.2, -0.15) is 0 Å². The maximum absolute atomic E-state index is 5.73. The van der Waals surface area contributed by atoms with Crippen molar-refractivity contribution in [2.45, 2.75) is 53.6 Å². The van der Waals surface area contributed by atoms with Crippen LogP contribution in [-0.2, 0) is 13.0 Å². The van der Waals surface area contributed by atoms with Crippen LogP contribution in [0.4, 0.5) is 0 Å². The van der Waals surface area contributed by atoms with Crippen molar-refractivity contribution in [2.24, 2.45) is 4.99 Å². The Labute approximate surface area is 167 Å². The molecule has 0 aliphatic rings. The molecule has 0 saturated carbocycles. The summed E-state index contributed by atoms with van der Waals surface area (Å²) in [6, 6.07) is 7.98. The van der Waals surface area contributed by atoms with Crippen LogP contribution in [0, 0.1) is 0 Å². The van der Waals surface area contributed by atoms with Gasteiger partial charge in [-0.3, -0.25) is 0 Å². The van der Waals surface area contributed by atoms with E-state index < -0.39 is 0 Å². The summed E-state index contributed by atoms with van der Waals surface area (Å²) >= 11 is 0. The van der Waals surface area contributed by atoms with Crippen LogP contribution in [0.2, 0.25) is 0 Å². The molecule has 0 saturated heterocycles. The van der Waals surface area contributed by atoms with Gasteiger partial charge in [0.2, 0.25) is 0 Å². The van der Waals surface area contributed by atoms with E-state index in [1.807, 2.05) is 52.0 Å². The standard InChI is InChI=1S/C21H32N4O3/c1-6-17-13-18(28-25-17)14-23-21(22-7-2)24-15(5)16-10-11-19(26-8-3)20(12-16)27-9-4/h10-13,15H,6-9,14H2,1-5H3,(H2,22,23,24). The minimum Gasteiger partial charge on any atom is -0.490 e. The zero-order chi connectivity index (χ0) is 20.4. The lowest BCUT2D eigenvalue weighted by Gasteiger charge is -2.20. The van der Waals surface area contributed by atoms with Gasteiger partial charge in [0, 0.05) is 12.6 Å². The molecule has 28 heavy (non-hydrogen) atoms. The highest BCUT2D eigenvalue weighted by Crippen LogP contribution is 2.30. The van der Waals surface area contributed by atoms with Gasteiger partial charge in [0.1, 0.15) is 6.54 Å². The number of ether oxygens (including phenoxy) is 2. The Morgan fingerprint density at radius 3 is 2.50 bits per heavy atom. The number of guanidine groups is 1. The average Bonchev–Trinajstić information content (AvgIpc) is 3.16. The molecule has 2 aromatic rings. The highest BCUT2D eigenvalue weighted by Gasteiger charge is 2.13. The molecule has 1 heterocycles. The van der Waals surface area contributed by atoms with Gasteiger partial charge in [-0.05, 0) is 51.8 Å². The first-order valence-corrected chi connectivity index (χ1v) is 9.99. The number of aromatic nitrogens is 1. The SMILES string of the molecule is CCNC(=NCc1cc(CC)no1)NC(C)c1ccc(OCC)c(OCC)c1. The minimum absolute atomic E-state index is 0.0358. The van der Waals surface area contributed by atoms with Crippen LogP contribution in [0.3, 0.4) is 0 Å². The van der Waals surface area contributed by atoms with Crippen molar-refractivity contribution in [3.63, 3.8) is 0 Å². The van der Waals surface area contributed by atoms with E-state index >= 15 is 0 Å². The van der Waals surface area contributed by atoms with Gasteiger partial charge >= 0.3 is 0 Å². The molecule has 154 valence electrons. The van der Waals surface area contributed by atoms with Crippen LogP contribution in [-0.4, -0.2) is 30.9 Å². The van der Waals surface area contributed by atoms with E-state index in [2.05, 4.69) is 27.7 Å². The lowest BCUT2D eigenvalue weighted by atomic mass is 10.1. The van der Waals surface area contributed by atoms with Gasteiger partial charge in [0.05, 0.1) is 24.9 Å². The molecule has 0 bridgehead atoms. The van der Waals surface area contributed by atoms with Gasteiger partial charge in [-0.25, -0.2) is 4.99 Å². The molecule has 0 radical (unpaired) electrons. The third kappa shape index (κ3) is 6.18. The summed E-state index contributed by atoms with van der Waals surface area (Å²) in [5.74, 6) is 2.99. The van der Waals surface area contributed by atoms with E-state index in [1.165, 1.54) is 0 Å². The zero-order valence-corrected chi connectivity index (χ0v) is 17.5. The highest BCUT2D eigenvalue weighted by molar-refractivity contribution is 5.80. The quantitative estimate of drug-likeness (QED) is 0.475. The Morgan fingerprint density at radius 2 is 1.86 bits per heavy atom. The van der Waals surface area contributed by atoms with Crippen molar-refractivity contribution in [1.29, 1.82) is 0 Å². The van der Waals surface area contributed by atoms with Gasteiger partial charge in [-0.1, -0.05) is 18.1 Å². The first-order valence-electron chi connectivity index (χ1n) is 9.99. The molecule has 1 aromatic heterocycles. The lowest BCUT2D eigenvalue weighted by molar-refractivity contribution is 0.287. The minimum atomic E-state index is 0.0358. The predicted octanol–water partition coefficient (Wildman–Crippen LogP) is 3.85. The Balaban J connectivity index is 2.10. The van der Waals surface area contributed by atoms with Gasteiger partial charge < -0.3 is 24.6 Å². The van der Waals surface area contributed by atoms with Gasteiger partial charge in [0.15, 0.2) is 23.2 Å². The molecule has 0 spiro atoms. The molecule has 0 fully saturated rings.